The molecule has 4 heteroatoms. The van der Waals surface area contributed by atoms with Crippen molar-refractivity contribution in [3.05, 3.63) is 60.7 Å². The second-order valence-corrected chi connectivity index (χ2v) is 11.7. The van der Waals surface area contributed by atoms with Crippen molar-refractivity contribution in [2.75, 3.05) is 13.2 Å². The van der Waals surface area contributed by atoms with E-state index in [1.807, 2.05) is 12.1 Å². The zero-order valence-electron chi connectivity index (χ0n) is 14.6. The number of hydrogen-bond acceptors (Lipinski definition) is 3. The molecular formula is C20H26O3Si. The minimum atomic E-state index is -2.60. The zero-order chi connectivity index (χ0) is 17.2. The first kappa shape index (κ1) is 17.4. The zero-order valence-corrected chi connectivity index (χ0v) is 15.6. The molecule has 2 aromatic carbocycles. The van der Waals surface area contributed by atoms with Crippen molar-refractivity contribution in [3.63, 3.8) is 0 Å². The van der Waals surface area contributed by atoms with Gasteiger partial charge in [-0.1, -0.05) is 81.4 Å². The highest BCUT2D eigenvalue weighted by atomic mass is 28.4. The Morgan fingerprint density at radius 1 is 0.917 bits per heavy atom. The quantitative estimate of drug-likeness (QED) is 0.867. The van der Waals surface area contributed by atoms with E-state index >= 15 is 0 Å². The topological polar surface area (TPSA) is 38.7 Å². The van der Waals surface area contributed by atoms with Crippen LogP contribution < -0.4 is 10.4 Å². The van der Waals surface area contributed by atoms with Crippen LogP contribution in [-0.2, 0) is 9.16 Å². The molecule has 0 amide bonds. The molecule has 0 saturated carbocycles. The van der Waals surface area contributed by atoms with Crippen molar-refractivity contribution < 1.29 is 14.3 Å². The Morgan fingerprint density at radius 2 is 1.42 bits per heavy atom. The van der Waals surface area contributed by atoms with Crippen LogP contribution in [0.2, 0.25) is 5.04 Å². The van der Waals surface area contributed by atoms with Gasteiger partial charge in [-0.2, -0.15) is 0 Å². The Labute approximate surface area is 145 Å². The number of benzene rings is 2. The number of ether oxygens (including phenoxy) is 1. The van der Waals surface area contributed by atoms with Crippen LogP contribution in [0.5, 0.6) is 0 Å². The average Bonchev–Trinajstić information content (AvgIpc) is 2.98. The Kier molecular flexibility index (Phi) is 4.92. The largest absolute Gasteiger partial charge is 0.399 e. The number of rotatable bonds is 4. The second kappa shape index (κ2) is 6.80. The second-order valence-electron chi connectivity index (χ2n) is 7.42. The summed E-state index contributed by atoms with van der Waals surface area (Å²) in [5.41, 5.74) is 0. The molecule has 1 aliphatic rings. The highest BCUT2D eigenvalue weighted by Gasteiger charge is 2.52. The summed E-state index contributed by atoms with van der Waals surface area (Å²) >= 11 is 0. The molecule has 1 heterocycles. The lowest BCUT2D eigenvalue weighted by Gasteiger charge is -2.44. The van der Waals surface area contributed by atoms with Gasteiger partial charge in [-0.05, 0) is 15.4 Å². The molecule has 0 radical (unpaired) electrons. The molecule has 2 aromatic rings. The Morgan fingerprint density at radius 3 is 1.79 bits per heavy atom. The van der Waals surface area contributed by atoms with Gasteiger partial charge < -0.3 is 14.3 Å². The fraction of sp³-hybridized carbons (Fsp3) is 0.400. The summed E-state index contributed by atoms with van der Waals surface area (Å²) in [6.07, 6.45) is -0.844. The van der Waals surface area contributed by atoms with Gasteiger partial charge in [0, 0.05) is 0 Å². The van der Waals surface area contributed by atoms with Crippen LogP contribution in [0.4, 0.5) is 0 Å². The van der Waals surface area contributed by atoms with Crippen molar-refractivity contribution in [2.45, 2.75) is 38.0 Å². The molecule has 1 saturated heterocycles. The van der Waals surface area contributed by atoms with Crippen LogP contribution in [0.1, 0.15) is 20.8 Å². The van der Waals surface area contributed by atoms with E-state index < -0.39 is 14.4 Å². The maximum atomic E-state index is 10.3. The van der Waals surface area contributed by atoms with Crippen molar-refractivity contribution in [1.29, 1.82) is 0 Å². The molecule has 0 spiro atoms. The Bertz CT molecular complexity index is 612. The molecule has 2 atom stereocenters. The summed E-state index contributed by atoms with van der Waals surface area (Å²) in [4.78, 5) is 0. The van der Waals surface area contributed by atoms with E-state index in [0.717, 1.165) is 0 Å². The smallest absolute Gasteiger partial charge is 0.261 e. The number of aliphatic hydroxyl groups excluding tert-OH is 1. The minimum Gasteiger partial charge on any atom is -0.399 e. The summed E-state index contributed by atoms with van der Waals surface area (Å²) in [6, 6.07) is 21.0. The van der Waals surface area contributed by atoms with Gasteiger partial charge in [0.05, 0.1) is 19.3 Å². The molecule has 0 aliphatic carbocycles. The van der Waals surface area contributed by atoms with Gasteiger partial charge in [-0.25, -0.2) is 0 Å². The van der Waals surface area contributed by atoms with Crippen LogP contribution >= 0.6 is 0 Å². The lowest BCUT2D eigenvalue weighted by Crippen LogP contribution is -2.68. The molecule has 0 aromatic heterocycles. The van der Waals surface area contributed by atoms with E-state index in [1.165, 1.54) is 10.4 Å². The fourth-order valence-electron chi connectivity index (χ4n) is 3.55. The lowest BCUT2D eigenvalue weighted by molar-refractivity contribution is 0.0670. The monoisotopic (exact) mass is 342 g/mol. The third kappa shape index (κ3) is 3.07. The summed E-state index contributed by atoms with van der Waals surface area (Å²) < 4.78 is 12.3. The summed E-state index contributed by atoms with van der Waals surface area (Å²) in [7, 11) is -2.60. The van der Waals surface area contributed by atoms with E-state index in [2.05, 4.69) is 69.3 Å². The van der Waals surface area contributed by atoms with Crippen LogP contribution in [-0.4, -0.2) is 38.8 Å². The maximum absolute atomic E-state index is 10.3. The van der Waals surface area contributed by atoms with Crippen LogP contribution in [0.15, 0.2) is 60.7 Å². The predicted molar refractivity (Wildman–Crippen MR) is 99.3 cm³/mol. The van der Waals surface area contributed by atoms with Gasteiger partial charge >= 0.3 is 0 Å². The third-order valence-electron chi connectivity index (χ3n) is 4.74. The first-order chi connectivity index (χ1) is 11.4. The maximum Gasteiger partial charge on any atom is 0.261 e. The van der Waals surface area contributed by atoms with Crippen LogP contribution in [0.25, 0.3) is 0 Å². The van der Waals surface area contributed by atoms with Crippen LogP contribution in [0.3, 0.4) is 0 Å². The SMILES string of the molecule is CC(C)(C)[Si](O[C@@H]1COC[C@@H]1O)(c1ccccc1)c1ccccc1. The highest BCUT2D eigenvalue weighted by Crippen LogP contribution is 2.38. The summed E-state index contributed by atoms with van der Waals surface area (Å²) in [6.45, 7) is 7.51. The van der Waals surface area contributed by atoms with Gasteiger partial charge in [0.1, 0.15) is 6.10 Å². The van der Waals surface area contributed by atoms with Gasteiger partial charge in [0.15, 0.2) is 0 Å². The molecule has 0 bridgehead atoms. The molecule has 3 nitrogen and oxygen atoms in total. The van der Waals surface area contributed by atoms with E-state index in [-0.39, 0.29) is 11.1 Å². The molecule has 3 rings (SSSR count). The van der Waals surface area contributed by atoms with E-state index in [4.69, 9.17) is 9.16 Å². The van der Waals surface area contributed by atoms with E-state index in [9.17, 15) is 5.11 Å². The number of hydrogen-bond donors (Lipinski definition) is 1. The Balaban J connectivity index is 2.17. The predicted octanol–water partition coefficient (Wildman–Crippen LogP) is 2.32. The first-order valence-corrected chi connectivity index (χ1v) is 10.4. The molecule has 1 aliphatic heterocycles. The molecule has 1 fully saturated rings. The first-order valence-electron chi connectivity index (χ1n) is 8.50. The normalized spacial score (nSPS) is 21.8. The van der Waals surface area contributed by atoms with Gasteiger partial charge in [-0.15, -0.1) is 0 Å². The highest BCUT2D eigenvalue weighted by molar-refractivity contribution is 6.99. The van der Waals surface area contributed by atoms with Gasteiger partial charge in [0.2, 0.25) is 0 Å². The van der Waals surface area contributed by atoms with E-state index in [0.29, 0.717) is 13.2 Å². The molecule has 1 N–H and O–H groups in total. The average molecular weight is 343 g/mol. The molecule has 128 valence electrons. The summed E-state index contributed by atoms with van der Waals surface area (Å²) in [5, 5.41) is 12.6. The minimum absolute atomic E-state index is 0.0853. The fourth-order valence-corrected chi connectivity index (χ4v) is 8.25. The van der Waals surface area contributed by atoms with Crippen molar-refractivity contribution in [2.24, 2.45) is 0 Å². The molecule has 24 heavy (non-hydrogen) atoms. The van der Waals surface area contributed by atoms with Crippen molar-refractivity contribution >= 4 is 18.7 Å². The van der Waals surface area contributed by atoms with Crippen LogP contribution in [0, 0.1) is 0 Å². The van der Waals surface area contributed by atoms with E-state index in [1.54, 1.807) is 0 Å². The van der Waals surface area contributed by atoms with Gasteiger partial charge in [-0.3, -0.25) is 0 Å². The Hall–Kier alpha value is -1.46. The standard InChI is InChI=1S/C20H26O3Si/c1-20(2,3)24(16-10-6-4-7-11-16,17-12-8-5-9-13-17)23-19-15-22-14-18(19)21/h4-13,18-19,21H,14-15H2,1-3H3/t18-,19+/m0/s1. The molecular weight excluding hydrogens is 316 g/mol. The number of aliphatic hydroxyl groups is 1. The third-order valence-corrected chi connectivity index (χ3v) is 9.81. The molecule has 0 unspecified atom stereocenters. The lowest BCUT2D eigenvalue weighted by atomic mass is 10.2. The van der Waals surface area contributed by atoms with Crippen molar-refractivity contribution in [3.8, 4) is 0 Å². The van der Waals surface area contributed by atoms with Gasteiger partial charge in [0.25, 0.3) is 8.32 Å². The van der Waals surface area contributed by atoms with Crippen molar-refractivity contribution in [1.82, 2.24) is 0 Å². The summed E-state index contributed by atoms with van der Waals surface area (Å²) in [5.74, 6) is 0.